The highest BCUT2D eigenvalue weighted by molar-refractivity contribution is 7.89. The van der Waals surface area contributed by atoms with Crippen LogP contribution in [0.25, 0.3) is 0 Å². The molecule has 1 heterocycles. The van der Waals surface area contributed by atoms with Crippen LogP contribution in [0.2, 0.25) is 0 Å². The SMILES string of the molecule is CC(C)NS(=O)(=O)c1ccc(NCc2cn[nH]c2)cc1. The van der Waals surface area contributed by atoms with Gasteiger partial charge in [-0.3, -0.25) is 5.10 Å². The van der Waals surface area contributed by atoms with E-state index < -0.39 is 10.0 Å². The third-order valence-corrected chi connectivity index (χ3v) is 4.28. The van der Waals surface area contributed by atoms with Gasteiger partial charge in [0.15, 0.2) is 0 Å². The first-order valence-corrected chi connectivity index (χ1v) is 7.79. The molecule has 0 aliphatic heterocycles. The maximum absolute atomic E-state index is 12.0. The lowest BCUT2D eigenvalue weighted by atomic mass is 10.3. The van der Waals surface area contributed by atoms with Gasteiger partial charge < -0.3 is 5.32 Å². The minimum atomic E-state index is -3.43. The molecule has 1 aromatic heterocycles. The highest BCUT2D eigenvalue weighted by Gasteiger charge is 2.14. The summed E-state index contributed by atoms with van der Waals surface area (Å²) in [4.78, 5) is 0.264. The molecular weight excluding hydrogens is 276 g/mol. The molecule has 0 bridgehead atoms. The molecule has 3 N–H and O–H groups in total. The van der Waals surface area contributed by atoms with Crippen LogP contribution in [-0.4, -0.2) is 24.7 Å². The lowest BCUT2D eigenvalue weighted by Crippen LogP contribution is -2.30. The van der Waals surface area contributed by atoms with E-state index in [-0.39, 0.29) is 10.9 Å². The van der Waals surface area contributed by atoms with E-state index in [0.29, 0.717) is 6.54 Å². The van der Waals surface area contributed by atoms with Crippen molar-refractivity contribution in [2.24, 2.45) is 0 Å². The third kappa shape index (κ3) is 3.82. The minimum Gasteiger partial charge on any atom is -0.381 e. The van der Waals surface area contributed by atoms with Crippen molar-refractivity contribution in [3.05, 3.63) is 42.2 Å². The van der Waals surface area contributed by atoms with Crippen LogP contribution in [0.4, 0.5) is 5.69 Å². The van der Waals surface area contributed by atoms with Gasteiger partial charge in [-0.1, -0.05) is 0 Å². The van der Waals surface area contributed by atoms with Gasteiger partial charge >= 0.3 is 0 Å². The summed E-state index contributed by atoms with van der Waals surface area (Å²) >= 11 is 0. The van der Waals surface area contributed by atoms with Gasteiger partial charge in [0.05, 0.1) is 11.1 Å². The first-order valence-electron chi connectivity index (χ1n) is 6.31. The Morgan fingerprint density at radius 3 is 2.50 bits per heavy atom. The Morgan fingerprint density at radius 1 is 1.25 bits per heavy atom. The van der Waals surface area contributed by atoms with E-state index in [1.807, 2.05) is 0 Å². The fourth-order valence-corrected chi connectivity index (χ4v) is 2.96. The van der Waals surface area contributed by atoms with Crippen molar-refractivity contribution in [3.8, 4) is 0 Å². The topological polar surface area (TPSA) is 86.9 Å². The van der Waals surface area contributed by atoms with E-state index in [0.717, 1.165) is 11.3 Å². The summed E-state index contributed by atoms with van der Waals surface area (Å²) in [5, 5.41) is 9.78. The number of anilines is 1. The molecule has 2 aromatic rings. The first kappa shape index (κ1) is 14.5. The molecule has 0 fully saturated rings. The van der Waals surface area contributed by atoms with E-state index in [1.54, 1.807) is 50.5 Å². The van der Waals surface area contributed by atoms with Crippen molar-refractivity contribution in [1.29, 1.82) is 0 Å². The predicted molar refractivity (Wildman–Crippen MR) is 77.8 cm³/mol. The number of aromatic nitrogens is 2. The molecule has 0 atom stereocenters. The highest BCUT2D eigenvalue weighted by atomic mass is 32.2. The molecule has 7 heteroatoms. The number of nitrogens with zero attached hydrogens (tertiary/aromatic N) is 1. The zero-order chi connectivity index (χ0) is 14.6. The second-order valence-corrected chi connectivity index (χ2v) is 6.47. The van der Waals surface area contributed by atoms with Gasteiger partial charge in [-0.15, -0.1) is 0 Å². The average molecular weight is 294 g/mol. The quantitative estimate of drug-likeness (QED) is 0.757. The molecular formula is C13H18N4O2S. The van der Waals surface area contributed by atoms with Crippen molar-refractivity contribution >= 4 is 15.7 Å². The van der Waals surface area contributed by atoms with Crippen LogP contribution < -0.4 is 10.0 Å². The summed E-state index contributed by atoms with van der Waals surface area (Å²) in [5.41, 5.74) is 1.89. The van der Waals surface area contributed by atoms with Crippen LogP contribution in [0.3, 0.4) is 0 Å². The Hall–Kier alpha value is -1.86. The van der Waals surface area contributed by atoms with Gasteiger partial charge in [-0.25, -0.2) is 13.1 Å². The van der Waals surface area contributed by atoms with E-state index >= 15 is 0 Å². The second-order valence-electron chi connectivity index (χ2n) is 4.76. The number of hydrogen-bond donors (Lipinski definition) is 3. The highest BCUT2D eigenvalue weighted by Crippen LogP contribution is 2.15. The lowest BCUT2D eigenvalue weighted by Gasteiger charge is -2.10. The molecule has 0 saturated carbocycles. The molecule has 0 spiro atoms. The molecule has 0 unspecified atom stereocenters. The fourth-order valence-electron chi connectivity index (χ4n) is 1.71. The second kappa shape index (κ2) is 6.06. The molecule has 6 nitrogen and oxygen atoms in total. The zero-order valence-corrected chi connectivity index (χ0v) is 12.2. The molecule has 0 radical (unpaired) electrons. The van der Waals surface area contributed by atoms with Crippen LogP contribution in [0.5, 0.6) is 0 Å². The Kier molecular flexibility index (Phi) is 4.41. The fraction of sp³-hybridized carbons (Fsp3) is 0.308. The summed E-state index contributed by atoms with van der Waals surface area (Å²) in [6.07, 6.45) is 3.54. The number of hydrogen-bond acceptors (Lipinski definition) is 4. The number of nitrogens with one attached hydrogen (secondary N) is 3. The van der Waals surface area contributed by atoms with Crippen LogP contribution in [0.1, 0.15) is 19.4 Å². The summed E-state index contributed by atoms with van der Waals surface area (Å²) in [7, 11) is -3.43. The molecule has 0 amide bonds. The maximum atomic E-state index is 12.0. The van der Waals surface area contributed by atoms with Crippen LogP contribution in [-0.2, 0) is 16.6 Å². The average Bonchev–Trinajstić information content (AvgIpc) is 2.88. The van der Waals surface area contributed by atoms with E-state index in [4.69, 9.17) is 0 Å². The van der Waals surface area contributed by atoms with Crippen LogP contribution in [0, 0.1) is 0 Å². The van der Waals surface area contributed by atoms with Crippen LogP contribution >= 0.6 is 0 Å². The number of sulfonamides is 1. The van der Waals surface area contributed by atoms with Gasteiger partial charge in [-0.05, 0) is 38.1 Å². The van der Waals surface area contributed by atoms with E-state index in [1.165, 1.54) is 0 Å². The third-order valence-electron chi connectivity index (χ3n) is 2.61. The van der Waals surface area contributed by atoms with Gasteiger partial charge in [0, 0.05) is 30.0 Å². The smallest absolute Gasteiger partial charge is 0.240 e. The van der Waals surface area contributed by atoms with Crippen molar-refractivity contribution in [3.63, 3.8) is 0 Å². The minimum absolute atomic E-state index is 0.126. The van der Waals surface area contributed by atoms with Gasteiger partial charge in [0.25, 0.3) is 0 Å². The maximum Gasteiger partial charge on any atom is 0.240 e. The standard InChI is InChI=1S/C13H18N4O2S/c1-10(2)17-20(18,19)13-5-3-12(4-6-13)14-7-11-8-15-16-9-11/h3-6,8-10,14,17H,7H2,1-2H3,(H,15,16). The van der Waals surface area contributed by atoms with Crippen molar-refractivity contribution in [2.75, 3.05) is 5.32 Å². The molecule has 0 saturated heterocycles. The normalized spacial score (nSPS) is 11.8. The van der Waals surface area contributed by atoms with E-state index in [9.17, 15) is 8.42 Å². The molecule has 20 heavy (non-hydrogen) atoms. The Labute approximate surface area is 118 Å². The Balaban J connectivity index is 2.02. The lowest BCUT2D eigenvalue weighted by molar-refractivity contribution is 0.570. The summed E-state index contributed by atoms with van der Waals surface area (Å²) < 4.78 is 26.5. The first-order chi connectivity index (χ1) is 9.47. The van der Waals surface area contributed by atoms with Crippen molar-refractivity contribution in [2.45, 2.75) is 31.3 Å². The Bertz CT molecular complexity index is 634. The molecule has 108 valence electrons. The Morgan fingerprint density at radius 2 is 1.95 bits per heavy atom. The number of benzene rings is 1. The van der Waals surface area contributed by atoms with E-state index in [2.05, 4.69) is 20.2 Å². The number of aromatic amines is 1. The molecule has 1 aromatic carbocycles. The number of H-pyrrole nitrogens is 1. The zero-order valence-electron chi connectivity index (χ0n) is 11.4. The van der Waals surface area contributed by atoms with Crippen molar-refractivity contribution in [1.82, 2.24) is 14.9 Å². The monoisotopic (exact) mass is 294 g/mol. The predicted octanol–water partition coefficient (Wildman–Crippen LogP) is 1.71. The molecule has 0 aliphatic rings. The molecule has 2 rings (SSSR count). The summed E-state index contributed by atoms with van der Waals surface area (Å²) in [6.45, 7) is 4.21. The number of rotatable bonds is 6. The van der Waals surface area contributed by atoms with Crippen LogP contribution in [0.15, 0.2) is 41.6 Å². The van der Waals surface area contributed by atoms with Gasteiger partial charge in [-0.2, -0.15) is 5.10 Å². The van der Waals surface area contributed by atoms with Gasteiger partial charge in [0.1, 0.15) is 0 Å². The summed E-state index contributed by atoms with van der Waals surface area (Å²) in [5.74, 6) is 0. The van der Waals surface area contributed by atoms with Gasteiger partial charge in [0.2, 0.25) is 10.0 Å². The summed E-state index contributed by atoms with van der Waals surface area (Å²) in [6, 6.07) is 6.54. The molecule has 0 aliphatic carbocycles. The van der Waals surface area contributed by atoms with Crippen molar-refractivity contribution < 1.29 is 8.42 Å². The largest absolute Gasteiger partial charge is 0.381 e.